The maximum absolute atomic E-state index is 6.42. The molecule has 0 radical (unpaired) electrons. The molecule has 2 aliphatic heterocycles. The van der Waals surface area contributed by atoms with Crippen LogP contribution in [-0.4, -0.2) is 32.1 Å². The minimum Gasteiger partial charge on any atom is -0.493 e. The molecule has 126 valence electrons. The number of methoxy groups -OCH3 is 1. The quantitative estimate of drug-likeness (QED) is 0.628. The summed E-state index contributed by atoms with van der Waals surface area (Å²) in [5.74, 6) is 4.30. The normalized spacial score (nSPS) is 33.0. The molecular formula is C19H27BrNO2+. The Labute approximate surface area is 147 Å². The van der Waals surface area contributed by atoms with E-state index in [1.54, 1.807) is 12.0 Å². The van der Waals surface area contributed by atoms with Crippen LogP contribution in [0, 0.1) is 5.92 Å². The van der Waals surface area contributed by atoms with Crippen molar-refractivity contribution >= 4 is 21.6 Å². The van der Waals surface area contributed by atoms with Gasteiger partial charge in [0.15, 0.2) is 11.5 Å². The van der Waals surface area contributed by atoms with Crippen molar-refractivity contribution < 1.29 is 14.4 Å². The molecule has 2 heterocycles. The van der Waals surface area contributed by atoms with Crippen molar-refractivity contribution in [1.82, 2.24) is 0 Å². The third-order valence-electron chi connectivity index (χ3n) is 5.60. The number of halogens is 1. The number of allylic oxidation sites excluding steroid dienone is 1. The van der Waals surface area contributed by atoms with Gasteiger partial charge in [-0.15, -0.1) is 0 Å². The van der Waals surface area contributed by atoms with Crippen molar-refractivity contribution in [2.75, 3.05) is 26.0 Å². The van der Waals surface area contributed by atoms with Gasteiger partial charge in [0, 0.05) is 12.5 Å². The van der Waals surface area contributed by atoms with Crippen LogP contribution in [0.1, 0.15) is 32.3 Å². The third-order valence-corrected chi connectivity index (χ3v) is 5.60. The van der Waals surface area contributed by atoms with E-state index >= 15 is 0 Å². The number of quaternary nitrogens is 1. The smallest absolute Gasteiger partial charge is 0.171 e. The predicted octanol–water partition coefficient (Wildman–Crippen LogP) is 3.24. The highest BCUT2D eigenvalue weighted by atomic mass is 79.9. The van der Waals surface area contributed by atoms with E-state index in [-0.39, 0.29) is 11.5 Å². The number of rotatable bonds is 2. The fourth-order valence-electron chi connectivity index (χ4n) is 4.44. The largest absolute Gasteiger partial charge is 0.493 e. The minimum atomic E-state index is 0.0877. The van der Waals surface area contributed by atoms with E-state index in [2.05, 4.69) is 54.1 Å². The highest BCUT2D eigenvalue weighted by Crippen LogP contribution is 2.56. The summed E-state index contributed by atoms with van der Waals surface area (Å²) in [6.45, 7) is 6.85. The molecule has 0 bridgehead atoms. The summed E-state index contributed by atoms with van der Waals surface area (Å²) in [7, 11) is 1.74. The van der Waals surface area contributed by atoms with Gasteiger partial charge in [0.05, 0.1) is 31.2 Å². The summed E-state index contributed by atoms with van der Waals surface area (Å²) in [5, 5.41) is 0. The van der Waals surface area contributed by atoms with Crippen LogP contribution in [0.5, 0.6) is 11.5 Å². The molecule has 1 aromatic rings. The van der Waals surface area contributed by atoms with Gasteiger partial charge in [-0.2, -0.15) is 0 Å². The Bertz CT molecular complexity index is 616. The molecule has 0 amide bonds. The second kappa shape index (κ2) is 6.48. The Morgan fingerprint density at radius 1 is 1.39 bits per heavy atom. The van der Waals surface area contributed by atoms with Gasteiger partial charge in [0.25, 0.3) is 0 Å². The molecule has 3 aliphatic rings. The SMILES string of the molecule is CBr.CC[NH+]1CC[C@]23C=CC(C)C[C@H]2Oc2c(OC)ccc1c23. The molecule has 3 nitrogen and oxygen atoms in total. The van der Waals surface area contributed by atoms with E-state index in [4.69, 9.17) is 9.47 Å². The first-order valence-corrected chi connectivity index (χ1v) is 10.1. The van der Waals surface area contributed by atoms with E-state index in [9.17, 15) is 0 Å². The van der Waals surface area contributed by atoms with E-state index < -0.39 is 0 Å². The average molecular weight is 381 g/mol. The van der Waals surface area contributed by atoms with Crippen LogP contribution < -0.4 is 14.4 Å². The first-order valence-electron chi connectivity index (χ1n) is 8.50. The Morgan fingerprint density at radius 2 is 2.17 bits per heavy atom. The maximum Gasteiger partial charge on any atom is 0.171 e. The molecular weight excluding hydrogens is 354 g/mol. The second-order valence-electron chi connectivity index (χ2n) is 6.70. The fraction of sp³-hybridized carbons (Fsp3) is 0.579. The van der Waals surface area contributed by atoms with Crippen LogP contribution >= 0.6 is 15.9 Å². The molecule has 1 aromatic carbocycles. The molecule has 4 atom stereocenters. The topological polar surface area (TPSA) is 22.9 Å². The zero-order valence-corrected chi connectivity index (χ0v) is 16.1. The number of ether oxygens (including phenoxy) is 2. The summed E-state index contributed by atoms with van der Waals surface area (Å²) in [5.41, 5.74) is 2.91. The van der Waals surface area contributed by atoms with Gasteiger partial charge in [-0.1, -0.05) is 35.0 Å². The first-order chi connectivity index (χ1) is 11.2. The Balaban J connectivity index is 0.000000753. The third kappa shape index (κ3) is 2.42. The molecule has 0 saturated carbocycles. The standard InChI is InChI=1S/C18H23NO2.CH3Br/c1-4-19-10-9-18-8-7-12(2)11-15(18)21-17-14(20-3)6-5-13(19)16(17)18;1-2/h5-8,12,15H,4,9-11H2,1-3H3;1H3/p+1/t12?,15-,18-;/m1./s1. The van der Waals surface area contributed by atoms with Gasteiger partial charge < -0.3 is 14.4 Å². The summed E-state index contributed by atoms with van der Waals surface area (Å²) in [4.78, 5) is 1.57. The highest BCUT2D eigenvalue weighted by Gasteiger charge is 2.55. The predicted molar refractivity (Wildman–Crippen MR) is 97.5 cm³/mol. The van der Waals surface area contributed by atoms with Crippen LogP contribution in [0.25, 0.3) is 0 Å². The van der Waals surface area contributed by atoms with Gasteiger partial charge in [0.1, 0.15) is 11.8 Å². The second-order valence-corrected chi connectivity index (χ2v) is 6.70. The minimum absolute atomic E-state index is 0.0877. The molecule has 1 spiro atoms. The van der Waals surface area contributed by atoms with E-state index in [0.29, 0.717) is 5.92 Å². The number of benzene rings is 1. The fourth-order valence-corrected chi connectivity index (χ4v) is 4.44. The van der Waals surface area contributed by atoms with Crippen molar-refractivity contribution in [3.63, 3.8) is 0 Å². The van der Waals surface area contributed by atoms with Crippen LogP contribution in [0.15, 0.2) is 24.3 Å². The summed E-state index contributed by atoms with van der Waals surface area (Å²) < 4.78 is 12.0. The lowest BCUT2D eigenvalue weighted by atomic mass is 9.66. The summed E-state index contributed by atoms with van der Waals surface area (Å²) in [6.07, 6.45) is 7.38. The zero-order chi connectivity index (χ0) is 16.6. The Hall–Kier alpha value is -1.00. The van der Waals surface area contributed by atoms with Gasteiger partial charge in [-0.3, -0.25) is 0 Å². The zero-order valence-electron chi connectivity index (χ0n) is 14.5. The monoisotopic (exact) mass is 380 g/mol. The van der Waals surface area contributed by atoms with Crippen molar-refractivity contribution in [3.05, 3.63) is 29.8 Å². The van der Waals surface area contributed by atoms with Crippen LogP contribution in [0.3, 0.4) is 0 Å². The molecule has 4 rings (SSSR count). The Morgan fingerprint density at radius 3 is 2.87 bits per heavy atom. The number of hydrogen-bond donors (Lipinski definition) is 1. The lowest BCUT2D eigenvalue weighted by Gasteiger charge is -2.40. The van der Waals surface area contributed by atoms with Crippen molar-refractivity contribution in [1.29, 1.82) is 0 Å². The maximum atomic E-state index is 6.42. The molecule has 1 N–H and O–H groups in total. The summed E-state index contributed by atoms with van der Waals surface area (Å²) >= 11 is 2.94. The lowest BCUT2D eigenvalue weighted by molar-refractivity contribution is -0.834. The van der Waals surface area contributed by atoms with Gasteiger partial charge in [-0.05, 0) is 31.2 Å². The average Bonchev–Trinajstić information content (AvgIpc) is 2.93. The molecule has 0 fully saturated rings. The van der Waals surface area contributed by atoms with Gasteiger partial charge in [0.2, 0.25) is 0 Å². The highest BCUT2D eigenvalue weighted by molar-refractivity contribution is 9.08. The molecule has 1 aliphatic carbocycles. The van der Waals surface area contributed by atoms with Crippen molar-refractivity contribution in [2.45, 2.75) is 38.2 Å². The number of hydrogen-bond acceptors (Lipinski definition) is 2. The van der Waals surface area contributed by atoms with Crippen LogP contribution in [0.2, 0.25) is 0 Å². The Kier molecular flexibility index (Phi) is 4.75. The first kappa shape index (κ1) is 16.8. The molecule has 2 unspecified atom stereocenters. The number of alkyl halides is 1. The molecule has 0 aromatic heterocycles. The van der Waals surface area contributed by atoms with Gasteiger partial charge in [-0.25, -0.2) is 0 Å². The van der Waals surface area contributed by atoms with E-state index in [0.717, 1.165) is 24.5 Å². The van der Waals surface area contributed by atoms with E-state index in [1.807, 2.05) is 5.83 Å². The number of nitrogens with one attached hydrogen (secondary N) is 1. The van der Waals surface area contributed by atoms with Crippen molar-refractivity contribution in [3.8, 4) is 11.5 Å². The molecule has 23 heavy (non-hydrogen) atoms. The van der Waals surface area contributed by atoms with E-state index in [1.165, 1.54) is 24.2 Å². The van der Waals surface area contributed by atoms with Gasteiger partial charge >= 0.3 is 0 Å². The molecule has 4 heteroatoms. The van der Waals surface area contributed by atoms with Crippen LogP contribution in [-0.2, 0) is 5.41 Å². The lowest BCUT2D eigenvalue weighted by Crippen LogP contribution is -3.08. The molecule has 0 saturated heterocycles. The van der Waals surface area contributed by atoms with Crippen LogP contribution in [0.4, 0.5) is 5.69 Å². The van der Waals surface area contributed by atoms with Crippen molar-refractivity contribution in [2.24, 2.45) is 5.92 Å². The summed E-state index contributed by atoms with van der Waals surface area (Å²) in [6, 6.07) is 4.32.